The summed E-state index contributed by atoms with van der Waals surface area (Å²) < 4.78 is 1.64. The number of hydrogen-bond donors (Lipinski definition) is 1. The van der Waals surface area contributed by atoms with E-state index in [9.17, 15) is 5.11 Å². The molecular weight excluding hydrogens is 338 g/mol. The van der Waals surface area contributed by atoms with Crippen LogP contribution in [0.5, 0.6) is 0 Å². The van der Waals surface area contributed by atoms with Crippen molar-refractivity contribution in [2.24, 2.45) is 0 Å². The lowest BCUT2D eigenvalue weighted by molar-refractivity contribution is 0.195. The number of aromatic nitrogens is 5. The minimum absolute atomic E-state index is 0.452. The van der Waals surface area contributed by atoms with Gasteiger partial charge in [0.2, 0.25) is 0 Å². The molecule has 3 aromatic heterocycles. The Hall–Kier alpha value is -3.12. The summed E-state index contributed by atoms with van der Waals surface area (Å²) in [7, 11) is 0. The molecule has 4 aromatic rings. The van der Waals surface area contributed by atoms with Gasteiger partial charge in [-0.15, -0.1) is 0 Å². The third-order valence-electron chi connectivity index (χ3n) is 4.91. The van der Waals surface area contributed by atoms with Crippen LogP contribution in [-0.2, 0) is 0 Å². The lowest BCUT2D eigenvalue weighted by atomic mass is 10.1. The maximum atomic E-state index is 10.0. The van der Waals surface area contributed by atoms with Gasteiger partial charge in [-0.05, 0) is 55.5 Å². The third kappa shape index (κ3) is 2.88. The van der Waals surface area contributed by atoms with Crippen LogP contribution < -0.4 is 0 Å². The summed E-state index contributed by atoms with van der Waals surface area (Å²) >= 11 is 0. The number of aliphatic hydroxyl groups excluding tert-OH is 1. The van der Waals surface area contributed by atoms with E-state index in [2.05, 4.69) is 38.2 Å². The zero-order chi connectivity index (χ0) is 18.4. The van der Waals surface area contributed by atoms with Gasteiger partial charge in [0.1, 0.15) is 0 Å². The van der Waals surface area contributed by atoms with Crippen molar-refractivity contribution < 1.29 is 5.11 Å². The fourth-order valence-corrected chi connectivity index (χ4v) is 3.33. The SMILES string of the molecule is CC(O)c1nn(-c2ncc(-c3cc(C4CC4)ccn3)cn2)c2c[c]ccc12. The molecule has 6 nitrogen and oxygen atoms in total. The summed E-state index contributed by atoms with van der Waals surface area (Å²) in [6.45, 7) is 1.70. The molecule has 6 heteroatoms. The monoisotopic (exact) mass is 356 g/mol. The maximum absolute atomic E-state index is 10.0. The zero-order valence-corrected chi connectivity index (χ0v) is 14.9. The molecule has 1 radical (unpaired) electrons. The molecule has 0 amide bonds. The zero-order valence-electron chi connectivity index (χ0n) is 14.9. The van der Waals surface area contributed by atoms with Crippen LogP contribution >= 0.6 is 0 Å². The molecule has 133 valence electrons. The highest BCUT2D eigenvalue weighted by atomic mass is 16.3. The average molecular weight is 356 g/mol. The molecule has 0 spiro atoms. The number of rotatable bonds is 4. The second kappa shape index (κ2) is 6.25. The Bertz CT molecular complexity index is 1110. The van der Waals surface area contributed by atoms with E-state index >= 15 is 0 Å². The number of pyridine rings is 1. The van der Waals surface area contributed by atoms with E-state index in [1.165, 1.54) is 18.4 Å². The second-order valence-corrected chi connectivity index (χ2v) is 6.94. The summed E-state index contributed by atoms with van der Waals surface area (Å²) in [6, 6.07) is 12.8. The maximum Gasteiger partial charge on any atom is 0.251 e. The summed E-state index contributed by atoms with van der Waals surface area (Å²) in [4.78, 5) is 13.4. The van der Waals surface area contributed by atoms with Crippen molar-refractivity contribution in [1.82, 2.24) is 24.7 Å². The van der Waals surface area contributed by atoms with Crippen molar-refractivity contribution in [2.45, 2.75) is 31.8 Å². The van der Waals surface area contributed by atoms with E-state index in [1.807, 2.05) is 24.4 Å². The molecule has 1 saturated carbocycles. The normalized spacial score (nSPS) is 15.2. The molecule has 0 bridgehead atoms. The van der Waals surface area contributed by atoms with Crippen LogP contribution in [0, 0.1) is 6.07 Å². The lowest BCUT2D eigenvalue weighted by Crippen LogP contribution is -2.04. The Morgan fingerprint density at radius 3 is 2.74 bits per heavy atom. The van der Waals surface area contributed by atoms with E-state index in [-0.39, 0.29) is 0 Å². The molecule has 1 atom stereocenters. The van der Waals surface area contributed by atoms with Crippen molar-refractivity contribution in [1.29, 1.82) is 0 Å². The molecule has 27 heavy (non-hydrogen) atoms. The first-order chi connectivity index (χ1) is 13.2. The summed E-state index contributed by atoms with van der Waals surface area (Å²) in [5.74, 6) is 1.13. The van der Waals surface area contributed by atoms with E-state index in [0.29, 0.717) is 17.6 Å². The van der Waals surface area contributed by atoms with E-state index < -0.39 is 6.10 Å². The topological polar surface area (TPSA) is 76.7 Å². The Balaban J connectivity index is 1.54. The van der Waals surface area contributed by atoms with Gasteiger partial charge in [0.05, 0.1) is 23.0 Å². The molecule has 1 unspecified atom stereocenters. The molecule has 1 aromatic carbocycles. The largest absolute Gasteiger partial charge is 0.387 e. The van der Waals surface area contributed by atoms with Crippen LogP contribution in [0.4, 0.5) is 0 Å². The average Bonchev–Trinajstić information content (AvgIpc) is 3.48. The molecule has 5 rings (SSSR count). The smallest absolute Gasteiger partial charge is 0.251 e. The highest BCUT2D eigenvalue weighted by Gasteiger charge is 2.24. The fraction of sp³-hybridized carbons (Fsp3) is 0.238. The van der Waals surface area contributed by atoms with Crippen LogP contribution in [0.25, 0.3) is 28.1 Å². The van der Waals surface area contributed by atoms with Crippen molar-refractivity contribution in [3.8, 4) is 17.2 Å². The standard InChI is InChI=1S/C21H18N5O/c1-13(27)20-17-4-2-3-5-19(17)26(25-20)21-23-11-16(12-24-21)18-10-15(8-9-22-18)14-6-7-14/h2,4-5,8-14,27H,6-7H2,1H3. The first kappa shape index (κ1) is 16.1. The van der Waals surface area contributed by atoms with Gasteiger partial charge in [-0.1, -0.05) is 12.1 Å². The van der Waals surface area contributed by atoms with Gasteiger partial charge in [-0.2, -0.15) is 9.78 Å². The van der Waals surface area contributed by atoms with E-state index in [1.54, 1.807) is 24.0 Å². The number of fused-ring (bicyclic) bond motifs is 1. The number of aliphatic hydroxyl groups is 1. The number of hydrogen-bond acceptors (Lipinski definition) is 5. The van der Waals surface area contributed by atoms with Crippen LogP contribution in [0.1, 0.15) is 43.0 Å². The van der Waals surface area contributed by atoms with Crippen molar-refractivity contribution in [2.75, 3.05) is 0 Å². The second-order valence-electron chi connectivity index (χ2n) is 6.94. The minimum Gasteiger partial charge on any atom is -0.387 e. The number of benzene rings is 1. The Labute approximate surface area is 156 Å². The van der Waals surface area contributed by atoms with Gasteiger partial charge in [0.25, 0.3) is 5.95 Å². The Kier molecular flexibility index (Phi) is 3.72. The van der Waals surface area contributed by atoms with Gasteiger partial charge in [0, 0.05) is 29.5 Å². The Morgan fingerprint density at radius 2 is 2.00 bits per heavy atom. The van der Waals surface area contributed by atoms with Crippen molar-refractivity contribution >= 4 is 10.9 Å². The van der Waals surface area contributed by atoms with Crippen LogP contribution in [-0.4, -0.2) is 29.8 Å². The van der Waals surface area contributed by atoms with Gasteiger partial charge in [-0.3, -0.25) is 4.98 Å². The quantitative estimate of drug-likeness (QED) is 0.604. The molecule has 1 fully saturated rings. The molecular formula is C21H18N5O. The Morgan fingerprint density at radius 1 is 1.19 bits per heavy atom. The predicted octanol–water partition coefficient (Wildman–Crippen LogP) is 3.61. The molecule has 3 heterocycles. The van der Waals surface area contributed by atoms with Crippen molar-refractivity contribution in [3.05, 3.63) is 66.2 Å². The molecule has 0 saturated heterocycles. The van der Waals surface area contributed by atoms with Gasteiger partial charge >= 0.3 is 0 Å². The summed E-state index contributed by atoms with van der Waals surface area (Å²) in [5, 5.41) is 15.4. The molecule has 1 aliphatic rings. The third-order valence-corrected chi connectivity index (χ3v) is 4.91. The van der Waals surface area contributed by atoms with Gasteiger partial charge in [-0.25, -0.2) is 9.97 Å². The molecule has 1 N–H and O–H groups in total. The highest BCUT2D eigenvalue weighted by Crippen LogP contribution is 2.40. The summed E-state index contributed by atoms with van der Waals surface area (Å²) in [5.41, 5.74) is 4.51. The predicted molar refractivity (Wildman–Crippen MR) is 101 cm³/mol. The van der Waals surface area contributed by atoms with Gasteiger partial charge in [0.15, 0.2) is 0 Å². The van der Waals surface area contributed by atoms with E-state index in [4.69, 9.17) is 0 Å². The first-order valence-electron chi connectivity index (χ1n) is 9.06. The molecule has 0 aliphatic heterocycles. The van der Waals surface area contributed by atoms with Crippen molar-refractivity contribution in [3.63, 3.8) is 0 Å². The fourth-order valence-electron chi connectivity index (χ4n) is 3.33. The van der Waals surface area contributed by atoms with Gasteiger partial charge < -0.3 is 5.11 Å². The number of nitrogens with zero attached hydrogens (tertiary/aromatic N) is 5. The van der Waals surface area contributed by atoms with Crippen LogP contribution in [0.3, 0.4) is 0 Å². The molecule has 1 aliphatic carbocycles. The highest BCUT2D eigenvalue weighted by molar-refractivity contribution is 5.83. The first-order valence-corrected chi connectivity index (χ1v) is 9.06. The minimum atomic E-state index is -0.676. The van der Waals surface area contributed by atoms with E-state index in [0.717, 1.165) is 22.2 Å². The lowest BCUT2D eigenvalue weighted by Gasteiger charge is -2.05. The summed E-state index contributed by atoms with van der Waals surface area (Å²) in [6.07, 6.45) is 7.22. The van der Waals surface area contributed by atoms with Crippen LogP contribution in [0.15, 0.2) is 48.9 Å². The van der Waals surface area contributed by atoms with Crippen LogP contribution in [0.2, 0.25) is 0 Å².